The summed E-state index contributed by atoms with van der Waals surface area (Å²) in [6.45, 7) is 0.420. The Balaban J connectivity index is 1.82. The molecule has 1 heterocycles. The molecule has 0 unspecified atom stereocenters. The fourth-order valence-electron chi connectivity index (χ4n) is 1.98. The van der Waals surface area contributed by atoms with Gasteiger partial charge in [-0.25, -0.2) is 13.8 Å². The highest BCUT2D eigenvalue weighted by molar-refractivity contribution is 7.09. The molecule has 0 aliphatic carbocycles. The summed E-state index contributed by atoms with van der Waals surface area (Å²) in [4.78, 5) is 7.43. The van der Waals surface area contributed by atoms with E-state index in [4.69, 9.17) is 0 Å². The molecule has 0 aliphatic rings. The Morgan fingerprint density at radius 2 is 1.84 bits per heavy atom. The van der Waals surface area contributed by atoms with Crippen molar-refractivity contribution in [2.24, 2.45) is 4.99 Å². The average molecular weight is 378 g/mol. The second-order valence-electron chi connectivity index (χ2n) is 5.00. The topological polar surface area (TPSA) is 49.3 Å². The maximum absolute atomic E-state index is 13.1. The second kappa shape index (κ2) is 8.24. The van der Waals surface area contributed by atoms with Crippen LogP contribution in [0.5, 0.6) is 0 Å². The molecular weight excluding hydrogens is 363 g/mol. The van der Waals surface area contributed by atoms with Gasteiger partial charge in [-0.05, 0) is 24.1 Å². The number of thiazole rings is 1. The number of benzene rings is 1. The number of nitrogens with zero attached hydrogens (tertiary/aromatic N) is 2. The van der Waals surface area contributed by atoms with Crippen LogP contribution in [0.3, 0.4) is 0 Å². The first-order chi connectivity index (χ1) is 11.8. The van der Waals surface area contributed by atoms with E-state index in [0.717, 1.165) is 22.8 Å². The van der Waals surface area contributed by atoms with Crippen molar-refractivity contribution in [3.8, 4) is 0 Å². The summed E-state index contributed by atoms with van der Waals surface area (Å²) < 4.78 is 63.6. The first kappa shape index (κ1) is 19.1. The van der Waals surface area contributed by atoms with Gasteiger partial charge in [0.25, 0.3) is 0 Å². The molecule has 136 valence electrons. The number of aromatic nitrogens is 1. The zero-order valence-corrected chi connectivity index (χ0v) is 13.9. The first-order valence-electron chi connectivity index (χ1n) is 7.19. The van der Waals surface area contributed by atoms with Crippen LogP contribution in [0.15, 0.2) is 28.6 Å². The zero-order valence-electron chi connectivity index (χ0n) is 13.1. The molecule has 0 amide bonds. The predicted molar refractivity (Wildman–Crippen MR) is 85.4 cm³/mol. The number of aliphatic imine (C=N–C) groups is 1. The highest BCUT2D eigenvalue weighted by Gasteiger charge is 2.33. The normalized spacial score (nSPS) is 12.3. The van der Waals surface area contributed by atoms with Crippen molar-refractivity contribution in [2.75, 3.05) is 13.6 Å². The van der Waals surface area contributed by atoms with E-state index in [2.05, 4.69) is 20.6 Å². The smallest absolute Gasteiger partial charge is 0.356 e. The highest BCUT2D eigenvalue weighted by Crippen LogP contribution is 2.29. The molecule has 0 radical (unpaired) electrons. The Kier molecular flexibility index (Phi) is 6.29. The Morgan fingerprint density at radius 3 is 2.40 bits per heavy atom. The van der Waals surface area contributed by atoms with E-state index in [0.29, 0.717) is 24.5 Å². The van der Waals surface area contributed by atoms with Crippen LogP contribution < -0.4 is 10.6 Å². The summed E-state index contributed by atoms with van der Waals surface area (Å²) in [6, 6.07) is 3.25. The fraction of sp³-hybridized carbons (Fsp3) is 0.333. The lowest BCUT2D eigenvalue weighted by atomic mass is 10.1. The number of guanidine groups is 1. The van der Waals surface area contributed by atoms with Crippen molar-refractivity contribution in [3.05, 3.63) is 51.5 Å². The average Bonchev–Trinajstić information content (AvgIpc) is 2.99. The van der Waals surface area contributed by atoms with Gasteiger partial charge in [0.1, 0.15) is 16.6 Å². The van der Waals surface area contributed by atoms with Crippen LogP contribution in [0.25, 0.3) is 0 Å². The third-order valence-electron chi connectivity index (χ3n) is 3.10. The number of hydrogen-bond acceptors (Lipinski definition) is 3. The molecule has 0 saturated carbocycles. The summed E-state index contributed by atoms with van der Waals surface area (Å²) in [5.41, 5.74) is -0.444. The molecule has 4 nitrogen and oxygen atoms in total. The maximum Gasteiger partial charge on any atom is 0.434 e. The van der Waals surface area contributed by atoms with Crippen molar-refractivity contribution < 1.29 is 22.0 Å². The van der Waals surface area contributed by atoms with Crippen LogP contribution in [-0.4, -0.2) is 24.5 Å². The molecule has 1 aromatic carbocycles. The molecule has 25 heavy (non-hydrogen) atoms. The molecule has 10 heteroatoms. The van der Waals surface area contributed by atoms with Crippen molar-refractivity contribution in [1.82, 2.24) is 15.6 Å². The van der Waals surface area contributed by atoms with Crippen LogP contribution in [0.4, 0.5) is 22.0 Å². The van der Waals surface area contributed by atoms with Crippen LogP contribution in [-0.2, 0) is 19.1 Å². The van der Waals surface area contributed by atoms with E-state index < -0.39 is 23.5 Å². The minimum Gasteiger partial charge on any atom is -0.356 e. The fourth-order valence-corrected chi connectivity index (χ4v) is 2.72. The molecule has 0 atom stereocenters. The SMILES string of the molecule is CN=C(NCCc1cc(F)cc(F)c1)NCc1nc(C(F)(F)F)cs1. The quantitative estimate of drug-likeness (QED) is 0.477. The van der Waals surface area contributed by atoms with E-state index in [-0.39, 0.29) is 11.6 Å². The van der Waals surface area contributed by atoms with Crippen LogP contribution in [0, 0.1) is 11.6 Å². The van der Waals surface area contributed by atoms with Crippen molar-refractivity contribution in [3.63, 3.8) is 0 Å². The Morgan fingerprint density at radius 1 is 1.16 bits per heavy atom. The second-order valence-corrected chi connectivity index (χ2v) is 5.95. The van der Waals surface area contributed by atoms with Crippen molar-refractivity contribution >= 4 is 17.3 Å². The van der Waals surface area contributed by atoms with Gasteiger partial charge in [0.15, 0.2) is 11.7 Å². The largest absolute Gasteiger partial charge is 0.434 e. The molecule has 0 spiro atoms. The molecule has 2 aromatic rings. The summed E-state index contributed by atoms with van der Waals surface area (Å²) in [5, 5.41) is 6.96. The summed E-state index contributed by atoms with van der Waals surface area (Å²) in [7, 11) is 1.50. The van der Waals surface area contributed by atoms with Crippen molar-refractivity contribution in [1.29, 1.82) is 0 Å². The van der Waals surface area contributed by atoms with Gasteiger partial charge in [-0.15, -0.1) is 11.3 Å². The van der Waals surface area contributed by atoms with Gasteiger partial charge in [0, 0.05) is 25.0 Å². The van der Waals surface area contributed by atoms with E-state index in [1.165, 1.54) is 19.2 Å². The van der Waals surface area contributed by atoms with Gasteiger partial charge < -0.3 is 10.6 Å². The molecule has 2 N–H and O–H groups in total. The lowest BCUT2D eigenvalue weighted by molar-refractivity contribution is -0.140. The van der Waals surface area contributed by atoms with E-state index in [1.807, 2.05) is 0 Å². The Labute approximate surface area is 144 Å². The minimum absolute atomic E-state index is 0.0784. The lowest BCUT2D eigenvalue weighted by Gasteiger charge is -2.11. The molecule has 0 aliphatic heterocycles. The molecule has 0 fully saturated rings. The summed E-state index contributed by atoms with van der Waals surface area (Å²) >= 11 is 0.893. The van der Waals surface area contributed by atoms with Crippen LogP contribution in [0.2, 0.25) is 0 Å². The minimum atomic E-state index is -4.46. The summed E-state index contributed by atoms with van der Waals surface area (Å²) in [6.07, 6.45) is -4.11. The maximum atomic E-state index is 13.1. The Bertz CT molecular complexity index is 722. The highest BCUT2D eigenvalue weighted by atomic mass is 32.1. The van der Waals surface area contributed by atoms with E-state index in [9.17, 15) is 22.0 Å². The Hall–Kier alpha value is -2.23. The number of alkyl halides is 3. The van der Waals surface area contributed by atoms with E-state index >= 15 is 0 Å². The molecule has 2 rings (SSSR count). The van der Waals surface area contributed by atoms with Crippen molar-refractivity contribution in [2.45, 2.75) is 19.1 Å². The van der Waals surface area contributed by atoms with E-state index in [1.54, 1.807) is 0 Å². The summed E-state index contributed by atoms with van der Waals surface area (Å²) in [5.74, 6) is -0.955. The third kappa shape index (κ3) is 5.96. The number of nitrogens with one attached hydrogen (secondary N) is 2. The molecular formula is C15H15F5N4S. The lowest BCUT2D eigenvalue weighted by Crippen LogP contribution is -2.37. The monoisotopic (exact) mass is 378 g/mol. The van der Waals surface area contributed by atoms with Gasteiger partial charge in [0.2, 0.25) is 0 Å². The number of rotatable bonds is 5. The first-order valence-corrected chi connectivity index (χ1v) is 8.07. The zero-order chi connectivity index (χ0) is 18.4. The standard InChI is InChI=1S/C15H15F5N4S/c1-21-14(22-3-2-9-4-10(16)6-11(17)5-9)23-7-13-24-12(8-25-13)15(18,19)20/h4-6,8H,2-3,7H2,1H3,(H2,21,22,23). The van der Waals surface area contributed by atoms with Gasteiger partial charge in [-0.2, -0.15) is 13.2 Å². The van der Waals surface area contributed by atoms with Crippen LogP contribution >= 0.6 is 11.3 Å². The molecule has 0 saturated heterocycles. The number of halogens is 5. The molecule has 0 bridgehead atoms. The van der Waals surface area contributed by atoms with Gasteiger partial charge >= 0.3 is 6.18 Å². The van der Waals surface area contributed by atoms with Gasteiger partial charge in [-0.3, -0.25) is 4.99 Å². The van der Waals surface area contributed by atoms with Gasteiger partial charge in [0.05, 0.1) is 6.54 Å². The molecule has 1 aromatic heterocycles. The predicted octanol–water partition coefficient (Wildman–Crippen LogP) is 3.35. The number of hydrogen-bond donors (Lipinski definition) is 2. The third-order valence-corrected chi connectivity index (χ3v) is 3.95. The van der Waals surface area contributed by atoms with Gasteiger partial charge in [-0.1, -0.05) is 0 Å². The van der Waals surface area contributed by atoms with Crippen LogP contribution in [0.1, 0.15) is 16.3 Å².